The van der Waals surface area contributed by atoms with Gasteiger partial charge in [-0.3, -0.25) is 9.59 Å². The van der Waals surface area contributed by atoms with Gasteiger partial charge in [0.15, 0.2) is 6.10 Å². The van der Waals surface area contributed by atoms with Crippen LogP contribution in [0.5, 0.6) is 0 Å². The van der Waals surface area contributed by atoms with Crippen molar-refractivity contribution in [1.82, 2.24) is 0 Å². The van der Waals surface area contributed by atoms with E-state index in [9.17, 15) is 9.59 Å². The van der Waals surface area contributed by atoms with E-state index in [4.69, 9.17) is 18.8 Å². The normalized spacial score (nSPS) is 21.1. The molecule has 0 N–H and O–H groups in total. The minimum atomic E-state index is -0.618. The van der Waals surface area contributed by atoms with Gasteiger partial charge in [-0.05, 0) is 6.32 Å². The summed E-state index contributed by atoms with van der Waals surface area (Å²) in [5, 5.41) is 0. The Balaban J connectivity index is 2.50. The Morgan fingerprint density at radius 2 is 2.12 bits per heavy atom. The van der Waals surface area contributed by atoms with Crippen LogP contribution in [0, 0.1) is 0 Å². The van der Waals surface area contributed by atoms with Crippen molar-refractivity contribution >= 4 is 19.1 Å². The molecule has 17 heavy (non-hydrogen) atoms. The summed E-state index contributed by atoms with van der Waals surface area (Å²) in [6.45, 7) is 4.84. The van der Waals surface area contributed by atoms with Crippen LogP contribution in [0.15, 0.2) is 0 Å². The van der Waals surface area contributed by atoms with Crippen LogP contribution in [0.4, 0.5) is 0 Å². The molecular formula is C10H17BO6. The minimum absolute atomic E-state index is 0.0145. The van der Waals surface area contributed by atoms with Crippen molar-refractivity contribution < 1.29 is 28.4 Å². The van der Waals surface area contributed by atoms with Gasteiger partial charge in [0.2, 0.25) is 0 Å². The van der Waals surface area contributed by atoms with Crippen molar-refractivity contribution in [2.75, 3.05) is 13.2 Å². The fourth-order valence-electron chi connectivity index (χ4n) is 1.51. The maximum absolute atomic E-state index is 10.9. The highest BCUT2D eigenvalue weighted by Crippen LogP contribution is 2.17. The quantitative estimate of drug-likeness (QED) is 0.515. The second-order valence-electron chi connectivity index (χ2n) is 3.80. The molecule has 0 aromatic carbocycles. The molecule has 2 atom stereocenters. The highest BCUT2D eigenvalue weighted by molar-refractivity contribution is 6.44. The van der Waals surface area contributed by atoms with Gasteiger partial charge in [-0.2, -0.15) is 0 Å². The monoisotopic (exact) mass is 244 g/mol. The van der Waals surface area contributed by atoms with Gasteiger partial charge >= 0.3 is 19.1 Å². The number of carbonyl (C=O) groups is 2. The van der Waals surface area contributed by atoms with Gasteiger partial charge in [0.25, 0.3) is 0 Å². The van der Waals surface area contributed by atoms with E-state index >= 15 is 0 Å². The van der Waals surface area contributed by atoms with E-state index in [1.807, 2.05) is 6.92 Å². The molecule has 1 saturated heterocycles. The maximum atomic E-state index is 10.9. The van der Waals surface area contributed by atoms with E-state index in [0.717, 1.165) is 6.32 Å². The van der Waals surface area contributed by atoms with Crippen molar-refractivity contribution in [3.8, 4) is 0 Å². The van der Waals surface area contributed by atoms with Gasteiger partial charge in [-0.15, -0.1) is 0 Å². The Hall–Kier alpha value is -1.08. The van der Waals surface area contributed by atoms with Crippen LogP contribution in [0.2, 0.25) is 6.32 Å². The summed E-state index contributed by atoms with van der Waals surface area (Å²) in [6.07, 6.45) is -0.284. The Kier molecular flexibility index (Phi) is 5.44. The van der Waals surface area contributed by atoms with Crippen LogP contribution in [0.25, 0.3) is 0 Å². The molecule has 6 nitrogen and oxygen atoms in total. The molecule has 1 heterocycles. The second-order valence-corrected chi connectivity index (χ2v) is 3.80. The van der Waals surface area contributed by atoms with Crippen LogP contribution >= 0.6 is 0 Å². The van der Waals surface area contributed by atoms with Gasteiger partial charge in [0.05, 0.1) is 6.61 Å². The Morgan fingerprint density at radius 3 is 2.59 bits per heavy atom. The van der Waals surface area contributed by atoms with Gasteiger partial charge in [0.1, 0.15) is 12.7 Å². The lowest BCUT2D eigenvalue weighted by atomic mass is 9.87. The fourth-order valence-corrected chi connectivity index (χ4v) is 1.51. The molecule has 0 unspecified atom stereocenters. The molecule has 1 aliphatic rings. The highest BCUT2D eigenvalue weighted by atomic mass is 16.7. The summed E-state index contributed by atoms with van der Waals surface area (Å²) < 4.78 is 20.7. The first-order valence-corrected chi connectivity index (χ1v) is 5.60. The predicted molar refractivity (Wildman–Crippen MR) is 59.2 cm³/mol. The summed E-state index contributed by atoms with van der Waals surface area (Å²) in [6, 6.07) is 0. The predicted octanol–water partition coefficient (Wildman–Crippen LogP) is 0.405. The van der Waals surface area contributed by atoms with Crippen molar-refractivity contribution in [2.45, 2.75) is 39.3 Å². The Bertz CT molecular complexity index is 282. The smallest absolute Gasteiger partial charge is 0.457 e. The molecule has 0 saturated carbocycles. The fraction of sp³-hybridized carbons (Fsp3) is 0.800. The maximum Gasteiger partial charge on any atom is 0.457 e. The third kappa shape index (κ3) is 4.74. The third-order valence-corrected chi connectivity index (χ3v) is 2.29. The molecule has 0 aliphatic carbocycles. The first-order chi connectivity index (χ1) is 8.02. The topological polar surface area (TPSA) is 71.1 Å². The van der Waals surface area contributed by atoms with Crippen LogP contribution in [0.1, 0.15) is 20.8 Å². The van der Waals surface area contributed by atoms with Crippen molar-refractivity contribution in [1.29, 1.82) is 0 Å². The average Bonchev–Trinajstić information content (AvgIpc) is 2.71. The minimum Gasteiger partial charge on any atom is -0.462 e. The number of hydrogen-bond donors (Lipinski definition) is 0. The molecule has 7 heteroatoms. The van der Waals surface area contributed by atoms with Crippen molar-refractivity contribution in [3.05, 3.63) is 0 Å². The molecule has 0 aromatic rings. The molecule has 1 rings (SSSR count). The Morgan fingerprint density at radius 1 is 1.41 bits per heavy atom. The summed E-state index contributed by atoms with van der Waals surface area (Å²) in [5.41, 5.74) is 0. The number of rotatable bonds is 5. The lowest BCUT2D eigenvalue weighted by molar-refractivity contribution is -0.161. The molecule has 1 aliphatic heterocycles. The number of esters is 2. The third-order valence-electron chi connectivity index (χ3n) is 2.29. The first kappa shape index (κ1) is 14.0. The van der Waals surface area contributed by atoms with E-state index in [1.54, 1.807) is 0 Å². The largest absolute Gasteiger partial charge is 0.462 e. The number of ether oxygens (including phenoxy) is 2. The lowest BCUT2D eigenvalue weighted by Gasteiger charge is -2.21. The van der Waals surface area contributed by atoms with Crippen LogP contribution in [-0.4, -0.2) is 44.5 Å². The summed E-state index contributed by atoms with van der Waals surface area (Å²) >= 11 is 0. The molecule has 96 valence electrons. The number of hydrogen-bond acceptors (Lipinski definition) is 6. The second kappa shape index (κ2) is 6.61. The van der Waals surface area contributed by atoms with E-state index < -0.39 is 18.0 Å². The van der Waals surface area contributed by atoms with Crippen molar-refractivity contribution in [2.24, 2.45) is 0 Å². The SMILES string of the molecule is CCB1OC[C@@H]([C@H](COC(C)=O)OC(C)=O)O1. The zero-order valence-electron chi connectivity index (χ0n) is 10.3. The molecule has 0 spiro atoms. The van der Waals surface area contributed by atoms with Gasteiger partial charge in [0, 0.05) is 13.8 Å². The zero-order chi connectivity index (χ0) is 12.8. The zero-order valence-corrected chi connectivity index (χ0v) is 10.3. The summed E-state index contributed by atoms with van der Waals surface area (Å²) in [5.74, 6) is -0.862. The highest BCUT2D eigenvalue weighted by Gasteiger charge is 2.36. The van der Waals surface area contributed by atoms with E-state index in [1.165, 1.54) is 13.8 Å². The van der Waals surface area contributed by atoms with Crippen LogP contribution in [0.3, 0.4) is 0 Å². The standard InChI is InChI=1S/C10H17BO6/c1-4-11-15-6-10(17-11)9(16-8(3)13)5-14-7(2)12/h9-10H,4-6H2,1-3H3/t9-,10-/m0/s1. The van der Waals surface area contributed by atoms with Crippen LogP contribution < -0.4 is 0 Å². The number of carbonyl (C=O) groups excluding carboxylic acids is 2. The molecular weight excluding hydrogens is 227 g/mol. The van der Waals surface area contributed by atoms with E-state index in [0.29, 0.717) is 6.61 Å². The lowest BCUT2D eigenvalue weighted by Crippen LogP contribution is -2.37. The average molecular weight is 244 g/mol. The summed E-state index contributed by atoms with van der Waals surface area (Å²) in [4.78, 5) is 21.7. The van der Waals surface area contributed by atoms with Crippen molar-refractivity contribution in [3.63, 3.8) is 0 Å². The van der Waals surface area contributed by atoms with Gasteiger partial charge in [-0.1, -0.05) is 6.92 Å². The van der Waals surface area contributed by atoms with E-state index in [-0.39, 0.29) is 19.8 Å². The molecule has 0 radical (unpaired) electrons. The van der Waals surface area contributed by atoms with Gasteiger partial charge in [-0.25, -0.2) is 0 Å². The van der Waals surface area contributed by atoms with E-state index in [2.05, 4.69) is 0 Å². The first-order valence-electron chi connectivity index (χ1n) is 5.60. The van der Waals surface area contributed by atoms with Crippen LogP contribution in [-0.2, 0) is 28.4 Å². The molecule has 0 bridgehead atoms. The summed E-state index contributed by atoms with van der Waals surface area (Å²) in [7, 11) is -0.282. The van der Waals surface area contributed by atoms with Gasteiger partial charge < -0.3 is 18.8 Å². The Labute approximate surface area is 101 Å². The molecule has 0 aromatic heterocycles. The molecule has 0 amide bonds. The molecule has 1 fully saturated rings.